The second-order valence-electron chi connectivity index (χ2n) is 6.24. The molecule has 5 nitrogen and oxygen atoms in total. The molecule has 0 saturated heterocycles. The first-order chi connectivity index (χ1) is 9.80. The lowest BCUT2D eigenvalue weighted by molar-refractivity contribution is 0.0690. The third-order valence-electron chi connectivity index (χ3n) is 3.08. The summed E-state index contributed by atoms with van der Waals surface area (Å²) < 4.78 is 5.35. The number of aromatic carboxylic acids is 1. The first kappa shape index (κ1) is 15.1. The van der Waals surface area contributed by atoms with Crippen LogP contribution in [0, 0.1) is 5.41 Å². The number of nitrogens with one attached hydrogen (secondary N) is 1. The standard InChI is InChI=1S/C16H20N2O3/c1-16(2,3)9-10-5-6-14(21-4)11(7-10)12-8-13(15(19)20)18-17-12/h5-8H,9H2,1-4H3,(H,17,18)(H,19,20). The van der Waals surface area contributed by atoms with Crippen molar-refractivity contribution in [3.05, 3.63) is 35.5 Å². The van der Waals surface area contributed by atoms with Crippen LogP contribution in [0.5, 0.6) is 5.75 Å². The van der Waals surface area contributed by atoms with Crippen molar-refractivity contribution in [2.24, 2.45) is 5.41 Å². The third kappa shape index (κ3) is 3.62. The molecule has 112 valence electrons. The molecule has 1 aromatic carbocycles. The van der Waals surface area contributed by atoms with E-state index in [2.05, 4.69) is 31.0 Å². The lowest BCUT2D eigenvalue weighted by Crippen LogP contribution is -2.09. The number of aromatic nitrogens is 2. The van der Waals surface area contributed by atoms with E-state index in [-0.39, 0.29) is 11.1 Å². The average Bonchev–Trinajstić information content (AvgIpc) is 2.86. The quantitative estimate of drug-likeness (QED) is 0.904. The van der Waals surface area contributed by atoms with Crippen molar-refractivity contribution in [3.8, 4) is 17.0 Å². The second kappa shape index (κ2) is 5.60. The van der Waals surface area contributed by atoms with Crippen LogP contribution in [0.4, 0.5) is 0 Å². The molecule has 0 spiro atoms. The Hall–Kier alpha value is -2.30. The Morgan fingerprint density at radius 3 is 2.57 bits per heavy atom. The molecule has 2 rings (SSSR count). The number of nitrogens with zero attached hydrogens (tertiary/aromatic N) is 1. The molecule has 0 atom stereocenters. The van der Waals surface area contributed by atoms with E-state index in [1.807, 2.05) is 18.2 Å². The molecular weight excluding hydrogens is 268 g/mol. The predicted octanol–water partition coefficient (Wildman–Crippen LogP) is 3.37. The minimum atomic E-state index is -1.03. The van der Waals surface area contributed by atoms with Gasteiger partial charge in [0.1, 0.15) is 11.4 Å². The molecular formula is C16H20N2O3. The highest BCUT2D eigenvalue weighted by molar-refractivity contribution is 5.87. The van der Waals surface area contributed by atoms with Crippen LogP contribution in [0.3, 0.4) is 0 Å². The maximum atomic E-state index is 11.0. The van der Waals surface area contributed by atoms with Gasteiger partial charge in [-0.15, -0.1) is 0 Å². The molecule has 2 aromatic rings. The number of carboxylic acids is 1. The fraction of sp³-hybridized carbons (Fsp3) is 0.375. The van der Waals surface area contributed by atoms with Crippen LogP contribution in [-0.2, 0) is 6.42 Å². The first-order valence-electron chi connectivity index (χ1n) is 6.76. The fourth-order valence-corrected chi connectivity index (χ4v) is 2.25. The Morgan fingerprint density at radius 1 is 1.33 bits per heavy atom. The van der Waals surface area contributed by atoms with Gasteiger partial charge in [0.25, 0.3) is 0 Å². The van der Waals surface area contributed by atoms with Gasteiger partial charge in [-0.1, -0.05) is 26.8 Å². The van der Waals surface area contributed by atoms with Gasteiger partial charge in [-0.3, -0.25) is 5.10 Å². The molecule has 0 radical (unpaired) electrons. The molecule has 0 bridgehead atoms. The number of hydrogen-bond donors (Lipinski definition) is 2. The summed E-state index contributed by atoms with van der Waals surface area (Å²) in [5, 5.41) is 15.6. The minimum absolute atomic E-state index is 0.0632. The van der Waals surface area contributed by atoms with Gasteiger partial charge in [-0.2, -0.15) is 5.10 Å². The van der Waals surface area contributed by atoms with Crippen molar-refractivity contribution in [1.82, 2.24) is 10.2 Å². The lowest BCUT2D eigenvalue weighted by Gasteiger charge is -2.19. The van der Waals surface area contributed by atoms with Crippen molar-refractivity contribution in [2.75, 3.05) is 7.11 Å². The number of rotatable bonds is 4. The number of ether oxygens (including phenoxy) is 1. The maximum Gasteiger partial charge on any atom is 0.353 e. The molecule has 5 heteroatoms. The molecule has 1 heterocycles. The lowest BCUT2D eigenvalue weighted by atomic mass is 9.87. The van der Waals surface area contributed by atoms with Gasteiger partial charge < -0.3 is 9.84 Å². The van der Waals surface area contributed by atoms with Crippen molar-refractivity contribution in [3.63, 3.8) is 0 Å². The van der Waals surface area contributed by atoms with E-state index in [1.165, 1.54) is 6.07 Å². The van der Waals surface area contributed by atoms with Gasteiger partial charge in [0.2, 0.25) is 0 Å². The van der Waals surface area contributed by atoms with E-state index < -0.39 is 5.97 Å². The molecule has 21 heavy (non-hydrogen) atoms. The molecule has 0 aliphatic carbocycles. The van der Waals surface area contributed by atoms with Crippen molar-refractivity contribution in [2.45, 2.75) is 27.2 Å². The van der Waals surface area contributed by atoms with Crippen LogP contribution in [0.2, 0.25) is 0 Å². The summed E-state index contributed by atoms with van der Waals surface area (Å²) in [5.74, 6) is -0.352. The Morgan fingerprint density at radius 2 is 2.05 bits per heavy atom. The van der Waals surface area contributed by atoms with Crippen molar-refractivity contribution >= 4 is 5.97 Å². The van der Waals surface area contributed by atoms with Crippen molar-refractivity contribution in [1.29, 1.82) is 0 Å². The molecule has 0 unspecified atom stereocenters. The van der Waals surface area contributed by atoms with Gasteiger partial charge in [-0.25, -0.2) is 4.79 Å². The summed E-state index contributed by atoms with van der Waals surface area (Å²) in [6.45, 7) is 6.52. The highest BCUT2D eigenvalue weighted by atomic mass is 16.5. The van der Waals surface area contributed by atoms with Crippen LogP contribution < -0.4 is 4.74 Å². The molecule has 1 aromatic heterocycles. The molecule has 0 saturated carbocycles. The Balaban J connectivity index is 2.44. The molecule has 2 N–H and O–H groups in total. The predicted molar refractivity (Wildman–Crippen MR) is 80.7 cm³/mol. The number of H-pyrrole nitrogens is 1. The molecule has 0 aliphatic heterocycles. The highest BCUT2D eigenvalue weighted by Gasteiger charge is 2.16. The number of hydrogen-bond acceptors (Lipinski definition) is 3. The number of carboxylic acid groups (broad SMARTS) is 1. The number of benzene rings is 1. The Labute approximate surface area is 124 Å². The van der Waals surface area contributed by atoms with Crippen LogP contribution in [0.25, 0.3) is 11.3 Å². The fourth-order valence-electron chi connectivity index (χ4n) is 2.25. The summed E-state index contributed by atoms with van der Waals surface area (Å²) in [4.78, 5) is 11.0. The number of carbonyl (C=O) groups is 1. The van der Waals surface area contributed by atoms with E-state index in [4.69, 9.17) is 9.84 Å². The normalized spacial score (nSPS) is 11.4. The van der Waals surface area contributed by atoms with Gasteiger partial charge in [0.15, 0.2) is 0 Å². The summed E-state index contributed by atoms with van der Waals surface area (Å²) in [5.41, 5.74) is 2.76. The highest BCUT2D eigenvalue weighted by Crippen LogP contribution is 2.32. The summed E-state index contributed by atoms with van der Waals surface area (Å²) in [6, 6.07) is 7.44. The zero-order chi connectivity index (χ0) is 15.6. The summed E-state index contributed by atoms with van der Waals surface area (Å²) >= 11 is 0. The van der Waals surface area contributed by atoms with E-state index in [1.54, 1.807) is 7.11 Å². The second-order valence-corrected chi connectivity index (χ2v) is 6.24. The zero-order valence-corrected chi connectivity index (χ0v) is 12.7. The van der Waals surface area contributed by atoms with E-state index in [0.717, 1.165) is 17.5 Å². The molecule has 0 aliphatic rings. The van der Waals surface area contributed by atoms with E-state index in [0.29, 0.717) is 11.4 Å². The number of methoxy groups -OCH3 is 1. The number of aromatic amines is 1. The Kier molecular flexibility index (Phi) is 4.02. The summed E-state index contributed by atoms with van der Waals surface area (Å²) in [7, 11) is 1.59. The summed E-state index contributed by atoms with van der Waals surface area (Å²) in [6.07, 6.45) is 0.917. The van der Waals surface area contributed by atoms with Crippen LogP contribution in [-0.4, -0.2) is 28.4 Å². The van der Waals surface area contributed by atoms with E-state index in [9.17, 15) is 4.79 Å². The monoisotopic (exact) mass is 288 g/mol. The largest absolute Gasteiger partial charge is 0.496 e. The van der Waals surface area contributed by atoms with Crippen LogP contribution in [0.15, 0.2) is 24.3 Å². The topological polar surface area (TPSA) is 75.2 Å². The third-order valence-corrected chi connectivity index (χ3v) is 3.08. The Bertz CT molecular complexity index is 654. The minimum Gasteiger partial charge on any atom is -0.496 e. The van der Waals surface area contributed by atoms with Crippen LogP contribution in [0.1, 0.15) is 36.8 Å². The van der Waals surface area contributed by atoms with Gasteiger partial charge in [0, 0.05) is 5.56 Å². The first-order valence-corrected chi connectivity index (χ1v) is 6.76. The smallest absolute Gasteiger partial charge is 0.353 e. The van der Waals surface area contributed by atoms with Gasteiger partial charge in [-0.05, 0) is 35.6 Å². The maximum absolute atomic E-state index is 11.0. The molecule has 0 fully saturated rings. The van der Waals surface area contributed by atoms with Gasteiger partial charge in [0.05, 0.1) is 12.8 Å². The zero-order valence-electron chi connectivity index (χ0n) is 12.7. The molecule has 0 amide bonds. The van der Waals surface area contributed by atoms with Crippen molar-refractivity contribution < 1.29 is 14.6 Å². The van der Waals surface area contributed by atoms with E-state index >= 15 is 0 Å². The SMILES string of the molecule is COc1ccc(CC(C)(C)C)cc1-c1cc(C(=O)O)[nH]n1. The average molecular weight is 288 g/mol. The van der Waals surface area contributed by atoms with Gasteiger partial charge >= 0.3 is 5.97 Å². The van der Waals surface area contributed by atoms with Crippen LogP contribution >= 0.6 is 0 Å².